The van der Waals surface area contributed by atoms with E-state index in [4.69, 9.17) is 23.2 Å². The number of hydrogen-bond donors (Lipinski definition) is 1. The topological polar surface area (TPSA) is 85.1 Å². The fourth-order valence-corrected chi connectivity index (χ4v) is 1.83. The molecule has 0 aliphatic carbocycles. The highest BCUT2D eigenvalue weighted by molar-refractivity contribution is 6.34. The van der Waals surface area contributed by atoms with Crippen LogP contribution in [0.2, 0.25) is 10.0 Å². The van der Waals surface area contributed by atoms with Crippen molar-refractivity contribution in [2.45, 2.75) is 0 Å². The van der Waals surface area contributed by atoms with Crippen molar-refractivity contribution in [3.63, 3.8) is 0 Å². The molecule has 0 atom stereocenters. The van der Waals surface area contributed by atoms with Crippen molar-refractivity contribution < 1.29 is 9.72 Å². The Labute approximate surface area is 123 Å². The number of pyridine rings is 1. The molecule has 0 aliphatic heterocycles. The predicted molar refractivity (Wildman–Crippen MR) is 75.3 cm³/mol. The van der Waals surface area contributed by atoms with Gasteiger partial charge in [0.2, 0.25) is 0 Å². The Bertz CT molecular complexity index is 691. The maximum absolute atomic E-state index is 12.1. The van der Waals surface area contributed by atoms with E-state index in [9.17, 15) is 14.9 Å². The average molecular weight is 312 g/mol. The monoisotopic (exact) mass is 311 g/mol. The standard InChI is InChI=1S/C12H7Cl2N3O3/c13-7-1-2-11(17(19)20)8(5-7)12(18)16-10-6-15-4-3-9(10)14/h1-6H,(H,16,18). The van der Waals surface area contributed by atoms with Crippen molar-refractivity contribution in [3.05, 3.63) is 62.4 Å². The molecule has 0 aliphatic rings. The summed E-state index contributed by atoms with van der Waals surface area (Å²) < 4.78 is 0. The van der Waals surface area contributed by atoms with Gasteiger partial charge in [-0.1, -0.05) is 23.2 Å². The molecule has 0 radical (unpaired) electrons. The fourth-order valence-electron chi connectivity index (χ4n) is 1.51. The molecule has 2 rings (SSSR count). The van der Waals surface area contributed by atoms with Crippen LogP contribution in [0, 0.1) is 10.1 Å². The van der Waals surface area contributed by atoms with Gasteiger partial charge in [0, 0.05) is 17.3 Å². The maximum Gasteiger partial charge on any atom is 0.282 e. The predicted octanol–water partition coefficient (Wildman–Crippen LogP) is 3.55. The number of aromatic nitrogens is 1. The van der Waals surface area contributed by atoms with Gasteiger partial charge in [0.1, 0.15) is 5.56 Å². The highest BCUT2D eigenvalue weighted by Crippen LogP contribution is 2.25. The molecule has 2 aromatic rings. The average Bonchev–Trinajstić information content (AvgIpc) is 2.40. The van der Waals surface area contributed by atoms with Crippen LogP contribution in [-0.2, 0) is 0 Å². The Balaban J connectivity index is 2.37. The van der Waals surface area contributed by atoms with E-state index < -0.39 is 10.8 Å². The lowest BCUT2D eigenvalue weighted by Crippen LogP contribution is -2.14. The van der Waals surface area contributed by atoms with Crippen molar-refractivity contribution in [2.75, 3.05) is 5.32 Å². The van der Waals surface area contributed by atoms with Crippen LogP contribution >= 0.6 is 23.2 Å². The summed E-state index contributed by atoms with van der Waals surface area (Å²) in [7, 11) is 0. The number of nitrogens with one attached hydrogen (secondary N) is 1. The number of carbonyl (C=O) groups excluding carboxylic acids is 1. The van der Waals surface area contributed by atoms with Gasteiger partial charge < -0.3 is 5.32 Å². The number of nitro groups is 1. The van der Waals surface area contributed by atoms with Gasteiger partial charge in [-0.25, -0.2) is 0 Å². The van der Waals surface area contributed by atoms with Crippen LogP contribution in [0.3, 0.4) is 0 Å². The number of amides is 1. The Morgan fingerprint density at radius 2 is 2.05 bits per heavy atom. The molecular formula is C12H7Cl2N3O3. The van der Waals surface area contributed by atoms with Crippen LogP contribution < -0.4 is 5.32 Å². The van der Waals surface area contributed by atoms with Gasteiger partial charge in [0.15, 0.2) is 0 Å². The van der Waals surface area contributed by atoms with E-state index in [2.05, 4.69) is 10.3 Å². The summed E-state index contributed by atoms with van der Waals surface area (Å²) in [5, 5.41) is 13.8. The summed E-state index contributed by atoms with van der Waals surface area (Å²) in [4.78, 5) is 26.1. The van der Waals surface area contributed by atoms with Gasteiger partial charge in [-0.2, -0.15) is 0 Å². The number of hydrogen-bond acceptors (Lipinski definition) is 4. The lowest BCUT2D eigenvalue weighted by atomic mass is 10.1. The molecule has 0 bridgehead atoms. The van der Waals surface area contributed by atoms with Crippen LogP contribution in [0.25, 0.3) is 0 Å². The van der Waals surface area contributed by atoms with Gasteiger partial charge in [-0.05, 0) is 18.2 Å². The van der Waals surface area contributed by atoms with Crippen LogP contribution in [0.1, 0.15) is 10.4 Å². The summed E-state index contributed by atoms with van der Waals surface area (Å²) in [6.07, 6.45) is 2.80. The minimum absolute atomic E-state index is 0.151. The SMILES string of the molecule is O=C(Nc1cnccc1Cl)c1cc(Cl)ccc1[N+](=O)[O-]. The molecular weight excluding hydrogens is 305 g/mol. The molecule has 102 valence electrons. The minimum Gasteiger partial charge on any atom is -0.319 e. The highest BCUT2D eigenvalue weighted by Gasteiger charge is 2.21. The van der Waals surface area contributed by atoms with Crippen molar-refractivity contribution >= 4 is 40.5 Å². The molecule has 1 aromatic carbocycles. The Morgan fingerprint density at radius 3 is 2.70 bits per heavy atom. The Hall–Kier alpha value is -2.18. The van der Waals surface area contributed by atoms with Crippen LogP contribution in [0.4, 0.5) is 11.4 Å². The van der Waals surface area contributed by atoms with E-state index in [-0.39, 0.29) is 27.0 Å². The number of halogens is 2. The number of nitro benzene ring substituents is 1. The zero-order valence-electron chi connectivity index (χ0n) is 9.84. The molecule has 0 unspecified atom stereocenters. The normalized spacial score (nSPS) is 10.1. The van der Waals surface area contributed by atoms with E-state index in [1.54, 1.807) is 0 Å². The molecule has 0 fully saturated rings. The summed E-state index contributed by atoms with van der Waals surface area (Å²) in [5.74, 6) is -0.686. The smallest absolute Gasteiger partial charge is 0.282 e. The second kappa shape index (κ2) is 5.85. The lowest BCUT2D eigenvalue weighted by Gasteiger charge is -2.07. The van der Waals surface area contributed by atoms with Gasteiger partial charge in [-0.3, -0.25) is 19.9 Å². The highest BCUT2D eigenvalue weighted by atomic mass is 35.5. The number of nitrogens with zero attached hydrogens (tertiary/aromatic N) is 2. The van der Waals surface area contributed by atoms with Crippen molar-refractivity contribution in [1.29, 1.82) is 0 Å². The molecule has 8 heteroatoms. The van der Waals surface area contributed by atoms with E-state index in [0.717, 1.165) is 0 Å². The number of benzene rings is 1. The molecule has 1 N–H and O–H groups in total. The molecule has 1 amide bonds. The van der Waals surface area contributed by atoms with E-state index >= 15 is 0 Å². The van der Waals surface area contributed by atoms with E-state index in [1.807, 2.05) is 0 Å². The zero-order valence-corrected chi connectivity index (χ0v) is 11.4. The molecule has 0 spiro atoms. The third kappa shape index (κ3) is 3.04. The third-order valence-electron chi connectivity index (χ3n) is 2.42. The third-order valence-corrected chi connectivity index (χ3v) is 2.98. The van der Waals surface area contributed by atoms with Crippen LogP contribution in [0.15, 0.2) is 36.7 Å². The lowest BCUT2D eigenvalue weighted by molar-refractivity contribution is -0.385. The van der Waals surface area contributed by atoms with E-state index in [0.29, 0.717) is 0 Å². The second-order valence-electron chi connectivity index (χ2n) is 3.73. The molecule has 1 aromatic heterocycles. The minimum atomic E-state index is -0.686. The molecule has 0 saturated carbocycles. The summed E-state index contributed by atoms with van der Waals surface area (Å²) in [6, 6.07) is 5.22. The number of carbonyl (C=O) groups is 1. The van der Waals surface area contributed by atoms with Crippen molar-refractivity contribution in [1.82, 2.24) is 4.98 Å². The second-order valence-corrected chi connectivity index (χ2v) is 4.57. The first-order valence-corrected chi connectivity index (χ1v) is 6.09. The van der Waals surface area contributed by atoms with Crippen molar-refractivity contribution in [2.24, 2.45) is 0 Å². The van der Waals surface area contributed by atoms with Gasteiger partial charge in [-0.15, -0.1) is 0 Å². The Morgan fingerprint density at radius 1 is 1.30 bits per heavy atom. The van der Waals surface area contributed by atoms with Gasteiger partial charge >= 0.3 is 0 Å². The van der Waals surface area contributed by atoms with Crippen LogP contribution in [0.5, 0.6) is 0 Å². The maximum atomic E-state index is 12.1. The van der Waals surface area contributed by atoms with E-state index in [1.165, 1.54) is 36.7 Å². The molecule has 20 heavy (non-hydrogen) atoms. The fraction of sp³-hybridized carbons (Fsp3) is 0. The van der Waals surface area contributed by atoms with Gasteiger partial charge in [0.25, 0.3) is 11.6 Å². The Kier molecular flexibility index (Phi) is 4.16. The molecule has 1 heterocycles. The first-order valence-electron chi connectivity index (χ1n) is 5.34. The molecule has 0 saturated heterocycles. The zero-order chi connectivity index (χ0) is 14.7. The largest absolute Gasteiger partial charge is 0.319 e. The molecule has 6 nitrogen and oxygen atoms in total. The number of rotatable bonds is 3. The summed E-state index contributed by atoms with van der Waals surface area (Å²) in [5.41, 5.74) is -0.234. The first kappa shape index (κ1) is 14.2. The first-order chi connectivity index (χ1) is 9.49. The summed E-state index contributed by atoms with van der Waals surface area (Å²) in [6.45, 7) is 0. The summed E-state index contributed by atoms with van der Waals surface area (Å²) >= 11 is 11.6. The van der Waals surface area contributed by atoms with Crippen molar-refractivity contribution in [3.8, 4) is 0 Å². The van der Waals surface area contributed by atoms with Crippen LogP contribution in [-0.4, -0.2) is 15.8 Å². The van der Waals surface area contributed by atoms with Gasteiger partial charge in [0.05, 0.1) is 21.8 Å². The quantitative estimate of drug-likeness (QED) is 0.693. The number of anilines is 1.